The highest BCUT2D eigenvalue weighted by molar-refractivity contribution is 5.92. The van der Waals surface area contributed by atoms with Gasteiger partial charge in [-0.25, -0.2) is 4.79 Å². The van der Waals surface area contributed by atoms with Crippen LogP contribution in [0.25, 0.3) is 10.9 Å². The Balaban J connectivity index is 2.14. The van der Waals surface area contributed by atoms with E-state index in [4.69, 9.17) is 0 Å². The van der Waals surface area contributed by atoms with Crippen LogP contribution in [-0.4, -0.2) is 39.8 Å². The van der Waals surface area contributed by atoms with Crippen LogP contribution >= 0.6 is 0 Å². The van der Waals surface area contributed by atoms with Gasteiger partial charge in [-0.15, -0.1) is 0 Å². The molecule has 2 amide bonds. The fourth-order valence-electron chi connectivity index (χ4n) is 2.41. The van der Waals surface area contributed by atoms with Crippen LogP contribution in [0.15, 0.2) is 30.5 Å². The normalized spacial score (nSPS) is 11.7. The quantitative estimate of drug-likeness (QED) is 0.909. The van der Waals surface area contributed by atoms with E-state index >= 15 is 0 Å². The number of anilines is 1. The average Bonchev–Trinajstić information content (AvgIpc) is 2.79. The minimum absolute atomic E-state index is 0.230. The van der Waals surface area contributed by atoms with E-state index in [1.165, 1.54) is 4.90 Å². The fourth-order valence-corrected chi connectivity index (χ4v) is 2.41. The molecule has 0 aliphatic rings. The number of hydrogen-bond acceptors (Lipinski definition) is 2. The summed E-state index contributed by atoms with van der Waals surface area (Å²) in [5, 5.41) is 13.8. The first-order valence-electron chi connectivity index (χ1n) is 7.13. The fraction of sp³-hybridized carbons (Fsp3) is 0.438. The second-order valence-electron chi connectivity index (χ2n) is 5.97. The van der Waals surface area contributed by atoms with Crippen LogP contribution in [0.4, 0.5) is 10.5 Å². The molecule has 0 bridgehead atoms. The summed E-state index contributed by atoms with van der Waals surface area (Å²) in [5.74, 6) is 0. The molecule has 2 rings (SSSR count). The van der Waals surface area contributed by atoms with Crippen molar-refractivity contribution >= 4 is 22.6 Å². The van der Waals surface area contributed by atoms with Gasteiger partial charge in [0.2, 0.25) is 0 Å². The van der Waals surface area contributed by atoms with Gasteiger partial charge in [0.15, 0.2) is 0 Å². The highest BCUT2D eigenvalue weighted by atomic mass is 16.3. The minimum atomic E-state index is -0.910. The van der Waals surface area contributed by atoms with E-state index in [0.717, 1.165) is 23.1 Å². The summed E-state index contributed by atoms with van der Waals surface area (Å²) >= 11 is 0. The molecule has 1 aromatic heterocycles. The zero-order chi connectivity index (χ0) is 15.6. The first kappa shape index (κ1) is 15.4. The number of carbonyl (C=O) groups is 1. The zero-order valence-corrected chi connectivity index (χ0v) is 13.1. The standard InChI is InChI=1S/C16H23N3O2/c1-5-19-9-8-12-6-7-13(10-14(12)19)17-15(20)18(4)11-16(2,3)21/h6-10,21H,5,11H2,1-4H3,(H,17,20). The molecule has 2 N–H and O–H groups in total. The highest BCUT2D eigenvalue weighted by Gasteiger charge is 2.19. The Morgan fingerprint density at radius 2 is 2.10 bits per heavy atom. The number of nitrogens with one attached hydrogen (secondary N) is 1. The van der Waals surface area contributed by atoms with Gasteiger partial charge >= 0.3 is 6.03 Å². The molecule has 2 aromatic rings. The van der Waals surface area contributed by atoms with Gasteiger partial charge in [0.25, 0.3) is 0 Å². The maximum absolute atomic E-state index is 12.1. The highest BCUT2D eigenvalue weighted by Crippen LogP contribution is 2.21. The predicted molar refractivity (Wildman–Crippen MR) is 85.6 cm³/mol. The molecular weight excluding hydrogens is 266 g/mol. The van der Waals surface area contributed by atoms with Gasteiger partial charge in [-0.05, 0) is 44.4 Å². The number of carbonyl (C=O) groups excluding carboxylic acids is 1. The second-order valence-corrected chi connectivity index (χ2v) is 5.97. The molecule has 0 spiro atoms. The third kappa shape index (κ3) is 3.76. The molecule has 5 heteroatoms. The number of hydrogen-bond donors (Lipinski definition) is 2. The molecule has 5 nitrogen and oxygen atoms in total. The molecule has 114 valence electrons. The Labute approximate surface area is 125 Å². The molecule has 21 heavy (non-hydrogen) atoms. The summed E-state index contributed by atoms with van der Waals surface area (Å²) in [4.78, 5) is 13.6. The van der Waals surface area contributed by atoms with E-state index in [9.17, 15) is 9.90 Å². The number of urea groups is 1. The van der Waals surface area contributed by atoms with Crippen molar-refractivity contribution < 1.29 is 9.90 Å². The van der Waals surface area contributed by atoms with Crippen molar-refractivity contribution in [3.8, 4) is 0 Å². The SMILES string of the molecule is CCn1ccc2ccc(NC(=O)N(C)CC(C)(C)O)cc21. The second kappa shape index (κ2) is 5.77. The maximum Gasteiger partial charge on any atom is 0.321 e. The monoisotopic (exact) mass is 289 g/mol. The first-order chi connectivity index (χ1) is 9.80. The third-order valence-corrected chi connectivity index (χ3v) is 3.34. The molecule has 0 aliphatic heterocycles. The molecule has 1 aromatic carbocycles. The Kier molecular flexibility index (Phi) is 4.23. The van der Waals surface area contributed by atoms with Crippen molar-refractivity contribution in [2.45, 2.75) is 32.9 Å². The average molecular weight is 289 g/mol. The number of likely N-dealkylation sites (N-methyl/N-ethyl adjacent to an activating group) is 1. The van der Waals surface area contributed by atoms with Crippen LogP contribution in [0, 0.1) is 0 Å². The molecular formula is C16H23N3O2. The summed E-state index contributed by atoms with van der Waals surface area (Å²) in [6.45, 7) is 6.60. The number of amides is 2. The van der Waals surface area contributed by atoms with Crippen molar-refractivity contribution in [2.75, 3.05) is 18.9 Å². The Bertz CT molecular complexity index is 640. The van der Waals surface area contributed by atoms with Crippen molar-refractivity contribution in [1.29, 1.82) is 0 Å². The van der Waals surface area contributed by atoms with E-state index in [2.05, 4.69) is 22.9 Å². The van der Waals surface area contributed by atoms with Crippen LogP contribution in [0.3, 0.4) is 0 Å². The molecule has 0 saturated carbocycles. The van der Waals surface area contributed by atoms with Crippen LogP contribution in [0.1, 0.15) is 20.8 Å². The molecule has 0 fully saturated rings. The van der Waals surface area contributed by atoms with Crippen molar-refractivity contribution in [1.82, 2.24) is 9.47 Å². The lowest BCUT2D eigenvalue weighted by atomic mass is 10.1. The van der Waals surface area contributed by atoms with E-state index in [1.54, 1.807) is 20.9 Å². The first-order valence-corrected chi connectivity index (χ1v) is 7.13. The topological polar surface area (TPSA) is 57.5 Å². The smallest absolute Gasteiger partial charge is 0.321 e. The van der Waals surface area contributed by atoms with Gasteiger partial charge in [0.1, 0.15) is 0 Å². The number of aromatic nitrogens is 1. The number of aryl methyl sites for hydroxylation is 1. The van der Waals surface area contributed by atoms with E-state index in [1.807, 2.05) is 24.4 Å². The van der Waals surface area contributed by atoms with E-state index < -0.39 is 5.60 Å². The molecule has 0 aliphatic carbocycles. The Morgan fingerprint density at radius 3 is 2.71 bits per heavy atom. The molecule has 1 heterocycles. The Morgan fingerprint density at radius 1 is 1.38 bits per heavy atom. The predicted octanol–water partition coefficient (Wildman–Crippen LogP) is 2.90. The number of rotatable bonds is 4. The van der Waals surface area contributed by atoms with Crippen LogP contribution in [-0.2, 0) is 6.54 Å². The van der Waals surface area contributed by atoms with Gasteiger partial charge < -0.3 is 19.9 Å². The molecule has 0 saturated heterocycles. The van der Waals surface area contributed by atoms with Crippen molar-refractivity contribution in [3.63, 3.8) is 0 Å². The van der Waals surface area contributed by atoms with Gasteiger partial charge in [0, 0.05) is 25.5 Å². The Hall–Kier alpha value is -2.01. The summed E-state index contributed by atoms with van der Waals surface area (Å²) < 4.78 is 2.13. The van der Waals surface area contributed by atoms with Crippen molar-refractivity contribution in [3.05, 3.63) is 30.5 Å². The summed E-state index contributed by atoms with van der Waals surface area (Å²) in [6, 6.07) is 7.68. The number of aliphatic hydroxyl groups is 1. The van der Waals surface area contributed by atoms with E-state index in [-0.39, 0.29) is 12.6 Å². The van der Waals surface area contributed by atoms with Gasteiger partial charge in [-0.2, -0.15) is 0 Å². The lowest BCUT2D eigenvalue weighted by Gasteiger charge is -2.25. The van der Waals surface area contributed by atoms with Crippen molar-refractivity contribution in [2.24, 2.45) is 0 Å². The summed E-state index contributed by atoms with van der Waals surface area (Å²) in [7, 11) is 1.67. The minimum Gasteiger partial charge on any atom is -0.389 e. The van der Waals surface area contributed by atoms with Crippen LogP contribution in [0.2, 0.25) is 0 Å². The lowest BCUT2D eigenvalue weighted by Crippen LogP contribution is -2.41. The number of nitrogens with zero attached hydrogens (tertiary/aromatic N) is 2. The van der Waals surface area contributed by atoms with Crippen LogP contribution in [0.5, 0.6) is 0 Å². The molecule has 0 radical (unpaired) electrons. The largest absolute Gasteiger partial charge is 0.389 e. The van der Waals surface area contributed by atoms with Crippen LogP contribution < -0.4 is 5.32 Å². The maximum atomic E-state index is 12.1. The number of fused-ring (bicyclic) bond motifs is 1. The van der Waals surface area contributed by atoms with Gasteiger partial charge in [-0.1, -0.05) is 6.07 Å². The lowest BCUT2D eigenvalue weighted by molar-refractivity contribution is 0.0550. The van der Waals surface area contributed by atoms with Gasteiger partial charge in [0.05, 0.1) is 17.7 Å². The molecule has 0 atom stereocenters. The molecule has 0 unspecified atom stereocenters. The zero-order valence-electron chi connectivity index (χ0n) is 13.1. The number of benzene rings is 1. The van der Waals surface area contributed by atoms with Gasteiger partial charge in [-0.3, -0.25) is 0 Å². The third-order valence-electron chi connectivity index (χ3n) is 3.34. The van der Waals surface area contributed by atoms with E-state index in [0.29, 0.717) is 0 Å². The summed E-state index contributed by atoms with van der Waals surface area (Å²) in [6.07, 6.45) is 2.04. The summed E-state index contributed by atoms with van der Waals surface area (Å²) in [5.41, 5.74) is 0.941.